The molecular formula is C11H14BrNO. The highest BCUT2D eigenvalue weighted by Crippen LogP contribution is 2.27. The number of halogens is 1. The molecule has 0 spiro atoms. The van der Waals surface area contributed by atoms with Crippen LogP contribution in [0.3, 0.4) is 0 Å². The van der Waals surface area contributed by atoms with Crippen molar-refractivity contribution >= 4 is 22.2 Å². The van der Waals surface area contributed by atoms with Gasteiger partial charge in [0.2, 0.25) is 0 Å². The summed E-state index contributed by atoms with van der Waals surface area (Å²) in [6.45, 7) is 0. The Morgan fingerprint density at radius 2 is 2.07 bits per heavy atom. The fraction of sp³-hybridized carbons (Fsp3) is 0.364. The highest BCUT2D eigenvalue weighted by Gasteiger charge is 2.15. The van der Waals surface area contributed by atoms with Crippen molar-refractivity contribution in [1.82, 2.24) is 4.90 Å². The van der Waals surface area contributed by atoms with E-state index in [-0.39, 0.29) is 6.04 Å². The fourth-order valence-electron chi connectivity index (χ4n) is 1.45. The van der Waals surface area contributed by atoms with E-state index in [1.165, 1.54) is 0 Å². The quantitative estimate of drug-likeness (QED) is 0.772. The lowest BCUT2D eigenvalue weighted by molar-refractivity contribution is -0.108. The molecule has 0 unspecified atom stereocenters. The van der Waals surface area contributed by atoms with E-state index in [1.807, 2.05) is 38.4 Å². The van der Waals surface area contributed by atoms with Gasteiger partial charge in [-0.25, -0.2) is 0 Å². The summed E-state index contributed by atoms with van der Waals surface area (Å²) in [5, 5.41) is 0. The van der Waals surface area contributed by atoms with Gasteiger partial charge in [0.15, 0.2) is 0 Å². The number of hydrogen-bond acceptors (Lipinski definition) is 2. The molecule has 0 saturated carbocycles. The Balaban J connectivity index is 2.98. The largest absolute Gasteiger partial charge is 0.303 e. The Hall–Kier alpha value is -0.670. The van der Waals surface area contributed by atoms with E-state index in [9.17, 15) is 4.79 Å². The van der Waals surface area contributed by atoms with Crippen molar-refractivity contribution in [2.75, 3.05) is 14.1 Å². The van der Waals surface area contributed by atoms with Gasteiger partial charge in [0.1, 0.15) is 6.29 Å². The van der Waals surface area contributed by atoms with Crippen LogP contribution in [0.4, 0.5) is 0 Å². The Kier molecular flexibility index (Phi) is 4.29. The van der Waals surface area contributed by atoms with E-state index < -0.39 is 0 Å². The molecule has 0 radical (unpaired) electrons. The first-order valence-corrected chi connectivity index (χ1v) is 5.30. The summed E-state index contributed by atoms with van der Waals surface area (Å²) in [7, 11) is 3.96. The second-order valence-corrected chi connectivity index (χ2v) is 4.26. The molecule has 0 aromatic heterocycles. The van der Waals surface area contributed by atoms with Crippen LogP contribution in [0, 0.1) is 0 Å². The van der Waals surface area contributed by atoms with Crippen molar-refractivity contribution in [3.63, 3.8) is 0 Å². The molecule has 0 N–H and O–H groups in total. The van der Waals surface area contributed by atoms with Gasteiger partial charge in [0, 0.05) is 16.9 Å². The third-order valence-electron chi connectivity index (χ3n) is 2.21. The van der Waals surface area contributed by atoms with Gasteiger partial charge in [0.05, 0.1) is 0 Å². The highest BCUT2D eigenvalue weighted by molar-refractivity contribution is 9.10. The molecule has 1 aromatic carbocycles. The first-order chi connectivity index (χ1) is 6.66. The second-order valence-electron chi connectivity index (χ2n) is 3.40. The number of hydrogen-bond donors (Lipinski definition) is 0. The monoisotopic (exact) mass is 255 g/mol. The summed E-state index contributed by atoms with van der Waals surface area (Å²) in [6.07, 6.45) is 1.49. The fourth-order valence-corrected chi connectivity index (χ4v) is 2.00. The molecule has 0 aliphatic rings. The molecule has 0 aliphatic carbocycles. The van der Waals surface area contributed by atoms with E-state index in [4.69, 9.17) is 0 Å². The third kappa shape index (κ3) is 2.66. The molecule has 0 heterocycles. The summed E-state index contributed by atoms with van der Waals surface area (Å²) in [5.41, 5.74) is 1.16. The predicted molar refractivity (Wildman–Crippen MR) is 61.3 cm³/mol. The van der Waals surface area contributed by atoms with E-state index in [1.54, 1.807) is 0 Å². The number of nitrogens with zero attached hydrogens (tertiary/aromatic N) is 1. The number of aldehydes is 1. The summed E-state index contributed by atoms with van der Waals surface area (Å²) < 4.78 is 1.06. The van der Waals surface area contributed by atoms with Gasteiger partial charge >= 0.3 is 0 Å². The van der Waals surface area contributed by atoms with Gasteiger partial charge in [-0.1, -0.05) is 34.1 Å². The average molecular weight is 256 g/mol. The molecule has 1 rings (SSSR count). The number of rotatable bonds is 4. The van der Waals surface area contributed by atoms with Crippen molar-refractivity contribution < 1.29 is 4.79 Å². The van der Waals surface area contributed by atoms with Crippen molar-refractivity contribution in [1.29, 1.82) is 0 Å². The van der Waals surface area contributed by atoms with Gasteiger partial charge in [-0.05, 0) is 25.7 Å². The Bertz CT molecular complexity index is 312. The van der Waals surface area contributed by atoms with Crippen LogP contribution in [-0.2, 0) is 4.79 Å². The zero-order chi connectivity index (χ0) is 10.6. The van der Waals surface area contributed by atoms with Crippen molar-refractivity contribution in [3.05, 3.63) is 34.3 Å². The SMILES string of the molecule is CN(C)[C@@H](CC=O)c1ccccc1Br. The van der Waals surface area contributed by atoms with Crippen LogP contribution >= 0.6 is 15.9 Å². The molecule has 0 bridgehead atoms. The predicted octanol–water partition coefficient (Wildman–Crippen LogP) is 2.64. The smallest absolute Gasteiger partial charge is 0.121 e. The first kappa shape index (κ1) is 11.4. The molecule has 2 nitrogen and oxygen atoms in total. The van der Waals surface area contributed by atoms with Crippen molar-refractivity contribution in [3.8, 4) is 0 Å². The Labute approximate surface area is 93.0 Å². The first-order valence-electron chi connectivity index (χ1n) is 4.51. The lowest BCUT2D eigenvalue weighted by Gasteiger charge is -2.23. The van der Waals surface area contributed by atoms with Gasteiger partial charge in [-0.2, -0.15) is 0 Å². The van der Waals surface area contributed by atoms with E-state index in [0.717, 1.165) is 16.3 Å². The van der Waals surface area contributed by atoms with Crippen LogP contribution in [0.5, 0.6) is 0 Å². The third-order valence-corrected chi connectivity index (χ3v) is 2.93. The highest BCUT2D eigenvalue weighted by atomic mass is 79.9. The zero-order valence-corrected chi connectivity index (χ0v) is 9.99. The summed E-state index contributed by atoms with van der Waals surface area (Å²) in [6, 6.07) is 8.15. The van der Waals surface area contributed by atoms with Crippen LogP contribution in [0.1, 0.15) is 18.0 Å². The van der Waals surface area contributed by atoms with Crippen LogP contribution in [0.15, 0.2) is 28.7 Å². The van der Waals surface area contributed by atoms with Gasteiger partial charge in [-0.15, -0.1) is 0 Å². The van der Waals surface area contributed by atoms with Crippen molar-refractivity contribution in [2.24, 2.45) is 0 Å². The van der Waals surface area contributed by atoms with Crippen LogP contribution in [-0.4, -0.2) is 25.3 Å². The van der Waals surface area contributed by atoms with E-state index in [0.29, 0.717) is 6.42 Å². The normalized spacial score (nSPS) is 12.9. The molecule has 0 fully saturated rings. The van der Waals surface area contributed by atoms with Crippen LogP contribution in [0.2, 0.25) is 0 Å². The molecule has 76 valence electrons. The minimum Gasteiger partial charge on any atom is -0.303 e. The van der Waals surface area contributed by atoms with Crippen LogP contribution in [0.25, 0.3) is 0 Å². The lowest BCUT2D eigenvalue weighted by Crippen LogP contribution is -2.20. The summed E-state index contributed by atoms with van der Waals surface area (Å²) in [4.78, 5) is 12.6. The maximum atomic E-state index is 10.6. The molecule has 3 heteroatoms. The Morgan fingerprint density at radius 1 is 1.43 bits per heavy atom. The summed E-state index contributed by atoms with van der Waals surface area (Å²) in [5.74, 6) is 0. The molecular weight excluding hydrogens is 242 g/mol. The minimum atomic E-state index is 0.156. The molecule has 0 aliphatic heterocycles. The van der Waals surface area contributed by atoms with Crippen molar-refractivity contribution in [2.45, 2.75) is 12.5 Å². The van der Waals surface area contributed by atoms with Crippen LogP contribution < -0.4 is 0 Å². The van der Waals surface area contributed by atoms with Gasteiger partial charge in [-0.3, -0.25) is 0 Å². The lowest BCUT2D eigenvalue weighted by atomic mass is 10.0. The Morgan fingerprint density at radius 3 is 2.57 bits per heavy atom. The van der Waals surface area contributed by atoms with Gasteiger partial charge in [0.25, 0.3) is 0 Å². The maximum absolute atomic E-state index is 10.6. The second kappa shape index (κ2) is 5.27. The van der Waals surface area contributed by atoms with Gasteiger partial charge < -0.3 is 9.69 Å². The van der Waals surface area contributed by atoms with E-state index in [2.05, 4.69) is 20.8 Å². The topological polar surface area (TPSA) is 20.3 Å². The molecule has 1 atom stereocenters. The number of benzene rings is 1. The molecule has 0 saturated heterocycles. The summed E-state index contributed by atoms with van der Waals surface area (Å²) >= 11 is 3.49. The van der Waals surface area contributed by atoms with E-state index >= 15 is 0 Å². The maximum Gasteiger partial charge on any atom is 0.121 e. The molecule has 14 heavy (non-hydrogen) atoms. The number of carbonyl (C=O) groups excluding carboxylic acids is 1. The standard InChI is InChI=1S/C11H14BrNO/c1-13(2)11(7-8-14)9-5-3-4-6-10(9)12/h3-6,8,11H,7H2,1-2H3/t11-/m0/s1. The zero-order valence-electron chi connectivity index (χ0n) is 8.40. The average Bonchev–Trinajstić information content (AvgIpc) is 2.15. The molecule has 1 aromatic rings. The minimum absolute atomic E-state index is 0.156. The molecule has 0 amide bonds. The number of carbonyl (C=O) groups is 1.